The zero-order valence-corrected chi connectivity index (χ0v) is 11.6. The van der Waals surface area contributed by atoms with Crippen LogP contribution in [0.1, 0.15) is 35.7 Å². The molecule has 5 heteroatoms. The first-order chi connectivity index (χ1) is 9.66. The van der Waals surface area contributed by atoms with Gasteiger partial charge in [0.05, 0.1) is 0 Å². The Morgan fingerprint density at radius 1 is 1.45 bits per heavy atom. The van der Waals surface area contributed by atoms with E-state index in [1.54, 1.807) is 0 Å². The summed E-state index contributed by atoms with van der Waals surface area (Å²) in [5, 5.41) is 17.7. The minimum absolute atomic E-state index is 0.326. The molecule has 0 bridgehead atoms. The van der Waals surface area contributed by atoms with Gasteiger partial charge in [-0.05, 0) is 31.9 Å². The van der Waals surface area contributed by atoms with Crippen LogP contribution < -0.4 is 5.32 Å². The summed E-state index contributed by atoms with van der Waals surface area (Å²) in [7, 11) is 0. The Labute approximate surface area is 118 Å². The lowest BCUT2D eigenvalue weighted by molar-refractivity contribution is -0.0167. The molecule has 0 aliphatic carbocycles. The zero-order valence-electron chi connectivity index (χ0n) is 11.6. The van der Waals surface area contributed by atoms with Gasteiger partial charge in [0.2, 0.25) is 0 Å². The van der Waals surface area contributed by atoms with Crippen LogP contribution in [-0.4, -0.2) is 28.3 Å². The second-order valence-electron chi connectivity index (χ2n) is 5.49. The monoisotopic (exact) mass is 273 g/mol. The van der Waals surface area contributed by atoms with Crippen LogP contribution in [0.4, 0.5) is 0 Å². The van der Waals surface area contributed by atoms with Gasteiger partial charge in [-0.25, -0.2) is 0 Å². The molecular weight excluding hydrogens is 254 g/mol. The second-order valence-corrected chi connectivity index (χ2v) is 5.49. The molecule has 0 saturated carbocycles. The van der Waals surface area contributed by atoms with Crippen LogP contribution in [0.25, 0.3) is 0 Å². The van der Waals surface area contributed by atoms with E-state index >= 15 is 0 Å². The summed E-state index contributed by atoms with van der Waals surface area (Å²) < 4.78 is 5.26. The Morgan fingerprint density at radius 2 is 2.35 bits per heavy atom. The first kappa shape index (κ1) is 13.3. The molecule has 1 aromatic carbocycles. The Hall–Kier alpha value is -1.72. The predicted octanol–water partition coefficient (Wildman–Crippen LogP) is 1.54. The standard InChI is InChI=1S/C15H19N3O2/c1-11-4-2-5-12(8-11)9-13-17-14(20-18-13)15(19)6-3-7-16-10-15/h2,4-5,8,16,19H,3,6-7,9-10H2,1H3. The Kier molecular flexibility index (Phi) is 3.54. The average molecular weight is 273 g/mol. The van der Waals surface area contributed by atoms with Crippen LogP contribution in [0.15, 0.2) is 28.8 Å². The van der Waals surface area contributed by atoms with Crippen molar-refractivity contribution in [1.82, 2.24) is 15.5 Å². The van der Waals surface area contributed by atoms with Crippen LogP contribution in [-0.2, 0) is 12.0 Å². The highest BCUT2D eigenvalue weighted by Gasteiger charge is 2.36. The first-order valence-corrected chi connectivity index (χ1v) is 6.97. The molecule has 0 spiro atoms. The number of aryl methyl sites for hydroxylation is 1. The smallest absolute Gasteiger partial charge is 0.259 e. The molecule has 1 aliphatic rings. The van der Waals surface area contributed by atoms with Crippen molar-refractivity contribution in [3.8, 4) is 0 Å². The fourth-order valence-corrected chi connectivity index (χ4v) is 2.59. The van der Waals surface area contributed by atoms with E-state index in [0.29, 0.717) is 31.1 Å². The van der Waals surface area contributed by atoms with Crippen LogP contribution in [0.3, 0.4) is 0 Å². The number of rotatable bonds is 3. The van der Waals surface area contributed by atoms with Gasteiger partial charge in [-0.1, -0.05) is 35.0 Å². The zero-order chi connectivity index (χ0) is 14.0. The van der Waals surface area contributed by atoms with Crippen molar-refractivity contribution < 1.29 is 9.63 Å². The number of benzene rings is 1. The van der Waals surface area contributed by atoms with E-state index in [4.69, 9.17) is 4.52 Å². The number of aromatic nitrogens is 2. The van der Waals surface area contributed by atoms with Crippen LogP contribution >= 0.6 is 0 Å². The summed E-state index contributed by atoms with van der Waals surface area (Å²) in [6.45, 7) is 3.45. The maximum Gasteiger partial charge on any atom is 0.259 e. The van der Waals surface area contributed by atoms with Crippen molar-refractivity contribution in [1.29, 1.82) is 0 Å². The third-order valence-electron chi connectivity index (χ3n) is 3.67. The van der Waals surface area contributed by atoms with E-state index < -0.39 is 5.60 Å². The largest absolute Gasteiger partial charge is 0.379 e. The van der Waals surface area contributed by atoms with Crippen molar-refractivity contribution in [3.05, 3.63) is 47.1 Å². The highest BCUT2D eigenvalue weighted by atomic mass is 16.5. The van der Waals surface area contributed by atoms with Gasteiger partial charge < -0.3 is 14.9 Å². The van der Waals surface area contributed by atoms with Gasteiger partial charge in [0.25, 0.3) is 5.89 Å². The average Bonchev–Trinajstić information content (AvgIpc) is 2.89. The van der Waals surface area contributed by atoms with Crippen molar-refractivity contribution in [2.75, 3.05) is 13.1 Å². The van der Waals surface area contributed by atoms with Crippen molar-refractivity contribution in [2.45, 2.75) is 31.8 Å². The summed E-state index contributed by atoms with van der Waals surface area (Å²) in [6.07, 6.45) is 2.19. The highest BCUT2D eigenvalue weighted by molar-refractivity contribution is 5.24. The van der Waals surface area contributed by atoms with Crippen LogP contribution in [0.5, 0.6) is 0 Å². The number of piperidine rings is 1. The molecule has 1 fully saturated rings. The van der Waals surface area contributed by atoms with Gasteiger partial charge in [-0.3, -0.25) is 0 Å². The molecule has 0 amide bonds. The van der Waals surface area contributed by atoms with Crippen LogP contribution in [0.2, 0.25) is 0 Å². The maximum atomic E-state index is 10.5. The van der Waals surface area contributed by atoms with Crippen molar-refractivity contribution in [2.24, 2.45) is 0 Å². The van der Waals surface area contributed by atoms with Crippen LogP contribution in [0, 0.1) is 6.92 Å². The first-order valence-electron chi connectivity index (χ1n) is 6.97. The molecule has 1 atom stereocenters. The normalized spacial score (nSPS) is 22.9. The van der Waals surface area contributed by atoms with Gasteiger partial charge in [0.1, 0.15) is 0 Å². The number of nitrogens with zero attached hydrogens (tertiary/aromatic N) is 2. The molecule has 0 radical (unpaired) electrons. The minimum atomic E-state index is -1.02. The molecule has 2 N–H and O–H groups in total. The summed E-state index contributed by atoms with van der Waals surface area (Å²) in [5.74, 6) is 0.942. The van der Waals surface area contributed by atoms with Crippen molar-refractivity contribution >= 4 is 0 Å². The number of aliphatic hydroxyl groups is 1. The van der Waals surface area contributed by atoms with E-state index in [0.717, 1.165) is 18.5 Å². The third-order valence-corrected chi connectivity index (χ3v) is 3.67. The lowest BCUT2D eigenvalue weighted by Gasteiger charge is -2.28. The van der Waals surface area contributed by atoms with Gasteiger partial charge in [-0.2, -0.15) is 4.98 Å². The molecule has 5 nitrogen and oxygen atoms in total. The summed E-state index contributed by atoms with van der Waals surface area (Å²) in [6, 6.07) is 8.22. The molecule has 3 rings (SSSR count). The van der Waals surface area contributed by atoms with Crippen molar-refractivity contribution in [3.63, 3.8) is 0 Å². The molecule has 2 heterocycles. The quantitative estimate of drug-likeness (QED) is 0.887. The molecule has 1 aromatic heterocycles. The van der Waals surface area contributed by atoms with E-state index in [1.807, 2.05) is 12.1 Å². The SMILES string of the molecule is Cc1cccc(Cc2noc(C3(O)CCCNC3)n2)c1. The third kappa shape index (κ3) is 2.73. The van der Waals surface area contributed by atoms with Gasteiger partial charge >= 0.3 is 0 Å². The Morgan fingerprint density at radius 3 is 3.10 bits per heavy atom. The molecular formula is C15H19N3O2. The molecule has 1 saturated heterocycles. The van der Waals surface area contributed by atoms with E-state index in [-0.39, 0.29) is 0 Å². The maximum absolute atomic E-state index is 10.5. The van der Waals surface area contributed by atoms with Gasteiger partial charge in [0, 0.05) is 13.0 Å². The second kappa shape index (κ2) is 5.34. The van der Waals surface area contributed by atoms with E-state index in [2.05, 4.69) is 34.5 Å². The number of hydrogen-bond donors (Lipinski definition) is 2. The molecule has 1 aliphatic heterocycles. The van der Waals surface area contributed by atoms with E-state index in [1.165, 1.54) is 5.56 Å². The highest BCUT2D eigenvalue weighted by Crippen LogP contribution is 2.27. The number of nitrogens with one attached hydrogen (secondary N) is 1. The lowest BCUT2D eigenvalue weighted by atomic mass is 9.94. The lowest BCUT2D eigenvalue weighted by Crippen LogP contribution is -2.43. The summed E-state index contributed by atoms with van der Waals surface area (Å²) in [4.78, 5) is 4.36. The molecule has 1 unspecified atom stereocenters. The minimum Gasteiger partial charge on any atom is -0.379 e. The fourth-order valence-electron chi connectivity index (χ4n) is 2.59. The Balaban J connectivity index is 1.76. The van der Waals surface area contributed by atoms with Gasteiger partial charge in [0.15, 0.2) is 11.4 Å². The molecule has 2 aromatic rings. The Bertz CT molecular complexity index is 588. The van der Waals surface area contributed by atoms with E-state index in [9.17, 15) is 5.11 Å². The number of hydrogen-bond acceptors (Lipinski definition) is 5. The molecule has 20 heavy (non-hydrogen) atoms. The molecule has 106 valence electrons. The predicted molar refractivity (Wildman–Crippen MR) is 74.3 cm³/mol. The summed E-state index contributed by atoms with van der Waals surface area (Å²) in [5.41, 5.74) is 1.34. The topological polar surface area (TPSA) is 71.2 Å². The number of β-amino-alcohol motifs (C(OH)–C–C–N with tert-alkyl or cyclic N) is 1. The fraction of sp³-hybridized carbons (Fsp3) is 0.467. The van der Waals surface area contributed by atoms with Gasteiger partial charge in [-0.15, -0.1) is 0 Å². The summed E-state index contributed by atoms with van der Waals surface area (Å²) >= 11 is 0.